The van der Waals surface area contributed by atoms with E-state index in [0.29, 0.717) is 0 Å². The summed E-state index contributed by atoms with van der Waals surface area (Å²) in [5.74, 6) is 6.47. The van der Waals surface area contributed by atoms with Crippen LogP contribution in [0.1, 0.15) is 0 Å². The van der Waals surface area contributed by atoms with Gasteiger partial charge in [0.2, 0.25) is 0 Å². The van der Waals surface area contributed by atoms with Crippen LogP contribution >= 0.6 is 0 Å². The maximum atomic E-state index is 9.89. The Morgan fingerprint density at radius 1 is 0.333 bits per heavy atom. The molecule has 0 aliphatic carbocycles. The van der Waals surface area contributed by atoms with Crippen LogP contribution in [0.4, 0.5) is 4.32 Å². The van der Waals surface area contributed by atoms with E-state index in [1.165, 1.54) is 0 Å². The van der Waals surface area contributed by atoms with Crippen LogP contribution in [0.5, 0.6) is 23.0 Å². The quantitative estimate of drug-likeness (QED) is 0.0994. The van der Waals surface area contributed by atoms with Crippen LogP contribution in [-0.2, 0) is 0 Å². The number of halogens is 1. The smallest absolute Gasteiger partial charge is 0.361 e. The lowest BCUT2D eigenvalue weighted by Gasteiger charge is -2.09. The van der Waals surface area contributed by atoms with Gasteiger partial charge in [0, 0.05) is 11.1 Å². The third-order valence-corrected chi connectivity index (χ3v) is 9.30. The molecule has 0 N–H and O–H groups in total. The molecule has 10 heteroatoms. The van der Waals surface area contributed by atoms with Crippen LogP contribution in [0, 0.1) is 0 Å². The van der Waals surface area contributed by atoms with Gasteiger partial charge in [0.1, 0.15) is 30.4 Å². The molecule has 60 heavy (non-hydrogen) atoms. The number of hydrogen-bond donors (Lipinski definition) is 0. The minimum absolute atomic E-state index is 0.801. The second-order valence-corrected chi connectivity index (χ2v) is 13.1. The van der Waals surface area contributed by atoms with Gasteiger partial charge >= 0.3 is 23.0 Å². The molecule has 0 fully saturated rings. The summed E-state index contributed by atoms with van der Waals surface area (Å²) in [4.78, 5) is 0. The van der Waals surface area contributed by atoms with Crippen molar-refractivity contribution in [2.75, 3.05) is 28.4 Å². The molecule has 0 saturated heterocycles. The summed E-state index contributed by atoms with van der Waals surface area (Å²) in [6.45, 7) is 0. The zero-order valence-corrected chi connectivity index (χ0v) is 33.5. The van der Waals surface area contributed by atoms with E-state index >= 15 is 0 Å². The Kier molecular flexibility index (Phi) is 14.8. The van der Waals surface area contributed by atoms with Gasteiger partial charge in [0.05, 0.1) is 75.0 Å². The Balaban J connectivity index is 0.000000185. The van der Waals surface area contributed by atoms with E-state index < -0.39 is 7.40 Å². The van der Waals surface area contributed by atoms with E-state index in [2.05, 4.69) is 48.5 Å². The van der Waals surface area contributed by atoms with Crippen LogP contribution in [0.15, 0.2) is 191 Å². The van der Waals surface area contributed by atoms with Gasteiger partial charge < -0.3 is 33.3 Å². The SMILES string of the molecule is COc1ccc(-c2cc(-c3ccccc3)cc(-c3ccc(OC)cc3)[o+]2)cc1.COc1ccc(-c2cc(-c3ccccc3)cc(-c3ccc(OC)cc3)[o+]2)cc1.[O-]B([O-])F. The topological polar surface area (TPSA) is 106 Å². The van der Waals surface area contributed by atoms with E-state index in [-0.39, 0.29) is 0 Å². The van der Waals surface area contributed by atoms with Gasteiger partial charge in [0.15, 0.2) is 0 Å². The first-order chi connectivity index (χ1) is 29.3. The highest BCUT2D eigenvalue weighted by Crippen LogP contribution is 2.36. The second-order valence-electron chi connectivity index (χ2n) is 13.1. The highest BCUT2D eigenvalue weighted by Gasteiger charge is 2.22. The van der Waals surface area contributed by atoms with E-state index in [4.69, 9.17) is 37.8 Å². The normalized spacial score (nSPS) is 10.2. The largest absolute Gasteiger partial charge is 0.867 e. The first-order valence-electron chi connectivity index (χ1n) is 18.9. The zero-order chi connectivity index (χ0) is 42.3. The molecule has 300 valence electrons. The van der Waals surface area contributed by atoms with Gasteiger partial charge in [-0.25, -0.2) is 8.83 Å². The van der Waals surface area contributed by atoms with Crippen LogP contribution < -0.4 is 29.0 Å². The van der Waals surface area contributed by atoms with Crippen LogP contribution in [-0.4, -0.2) is 35.8 Å². The van der Waals surface area contributed by atoms with Crippen molar-refractivity contribution in [1.82, 2.24) is 0 Å². The molecule has 0 radical (unpaired) electrons. The summed E-state index contributed by atoms with van der Waals surface area (Å²) in [6.07, 6.45) is 0. The molecule has 8 rings (SSSR count). The number of ether oxygens (including phenoxy) is 4. The summed E-state index contributed by atoms with van der Waals surface area (Å²) >= 11 is 0. The van der Waals surface area contributed by atoms with Crippen molar-refractivity contribution in [3.8, 4) is 90.5 Å². The first-order valence-corrected chi connectivity index (χ1v) is 18.9. The van der Waals surface area contributed by atoms with Gasteiger partial charge in [0.25, 0.3) is 0 Å². The highest BCUT2D eigenvalue weighted by molar-refractivity contribution is 6.27. The third kappa shape index (κ3) is 11.4. The lowest BCUT2D eigenvalue weighted by Crippen LogP contribution is -2.39. The molecule has 2 heterocycles. The van der Waals surface area contributed by atoms with Crippen molar-refractivity contribution in [3.05, 3.63) is 182 Å². The number of methoxy groups -OCH3 is 4. The monoisotopic (exact) mass is 800 g/mol. The van der Waals surface area contributed by atoms with E-state index in [1.807, 2.05) is 133 Å². The van der Waals surface area contributed by atoms with Gasteiger partial charge in [-0.05, 0) is 108 Å². The van der Waals surface area contributed by atoms with Crippen molar-refractivity contribution in [2.45, 2.75) is 0 Å². The van der Waals surface area contributed by atoms with Crippen LogP contribution in [0.3, 0.4) is 0 Å². The molecule has 6 aromatic carbocycles. The minimum atomic E-state index is -3.17. The molecule has 0 aliphatic heterocycles. The van der Waals surface area contributed by atoms with Crippen molar-refractivity contribution < 1.29 is 42.1 Å². The second kappa shape index (κ2) is 20.9. The molecule has 0 spiro atoms. The molecule has 2 aromatic heterocycles. The molecule has 0 aliphatic rings. The summed E-state index contributed by atoms with van der Waals surface area (Å²) < 4.78 is 43.5. The summed E-state index contributed by atoms with van der Waals surface area (Å²) in [7, 11) is 3.49. The molecule has 0 unspecified atom stereocenters. The fraction of sp³-hybridized carbons (Fsp3) is 0.0800. The Labute approximate surface area is 349 Å². The van der Waals surface area contributed by atoms with Crippen molar-refractivity contribution in [2.24, 2.45) is 0 Å². The zero-order valence-electron chi connectivity index (χ0n) is 33.5. The molecule has 0 amide bonds. The van der Waals surface area contributed by atoms with E-state index in [9.17, 15) is 4.32 Å². The van der Waals surface area contributed by atoms with Gasteiger partial charge in [-0.3, -0.25) is 0 Å². The molecule has 0 atom stereocenters. The maximum absolute atomic E-state index is 9.89. The first kappa shape index (κ1) is 42.3. The lowest BCUT2D eigenvalue weighted by atomic mass is 10.0. The van der Waals surface area contributed by atoms with Gasteiger partial charge in [-0.2, -0.15) is 0 Å². The van der Waals surface area contributed by atoms with Crippen molar-refractivity contribution in [1.29, 1.82) is 0 Å². The Morgan fingerprint density at radius 3 is 0.750 bits per heavy atom. The van der Waals surface area contributed by atoms with Crippen molar-refractivity contribution in [3.63, 3.8) is 0 Å². The summed E-state index contributed by atoms with van der Waals surface area (Å²) in [5, 5.41) is 16.6. The van der Waals surface area contributed by atoms with E-state index in [0.717, 1.165) is 90.5 Å². The van der Waals surface area contributed by atoms with E-state index in [1.54, 1.807) is 28.4 Å². The number of benzene rings is 6. The molecular formula is C50H42BFO8. The Morgan fingerprint density at radius 2 is 0.550 bits per heavy atom. The standard InChI is InChI=1S/2C25H21O3.BFO2/c2*1-26-22-12-8-19(9-13-22)24-16-21(18-6-4-3-5-7-18)17-25(28-24)20-10-14-23(27-2)15-11-20;2-1(3)4/h2*3-17H,1-2H3;/q2*+1;-2. The van der Waals surface area contributed by atoms with Crippen LogP contribution in [0.25, 0.3) is 67.5 Å². The third-order valence-electron chi connectivity index (χ3n) is 9.30. The minimum Gasteiger partial charge on any atom is -0.867 e. The van der Waals surface area contributed by atoms with Gasteiger partial charge in [-0.1, -0.05) is 60.7 Å². The molecule has 0 bridgehead atoms. The predicted octanol–water partition coefficient (Wildman–Crippen LogP) is 10.8. The molecule has 0 saturated carbocycles. The summed E-state index contributed by atoms with van der Waals surface area (Å²) in [6, 6.07) is 60.4. The van der Waals surface area contributed by atoms with Crippen molar-refractivity contribution >= 4 is 7.40 Å². The average Bonchev–Trinajstić information content (AvgIpc) is 3.32. The predicted molar refractivity (Wildman–Crippen MR) is 232 cm³/mol. The molecular weight excluding hydrogens is 758 g/mol. The maximum Gasteiger partial charge on any atom is 0.361 e. The molecule has 8 aromatic rings. The summed E-state index contributed by atoms with van der Waals surface area (Å²) in [5.41, 5.74) is 8.46. The lowest BCUT2D eigenvalue weighted by molar-refractivity contribution is -0.366. The number of rotatable bonds is 10. The van der Waals surface area contributed by atoms with Gasteiger partial charge in [-0.15, -0.1) is 0 Å². The Hall–Kier alpha value is -7.27. The molecule has 8 nitrogen and oxygen atoms in total. The Bertz CT molecular complexity index is 2220. The number of hydrogen-bond acceptors (Lipinski definition) is 6. The average molecular weight is 801 g/mol. The van der Waals surface area contributed by atoms with Crippen LogP contribution in [0.2, 0.25) is 0 Å². The highest BCUT2D eigenvalue weighted by atomic mass is 19.1. The fourth-order valence-corrected chi connectivity index (χ4v) is 6.19. The fourth-order valence-electron chi connectivity index (χ4n) is 6.19.